The quantitative estimate of drug-likeness (QED) is 0.413. The summed E-state index contributed by atoms with van der Waals surface area (Å²) >= 11 is 2.40. The molecule has 1 aromatic rings. The summed E-state index contributed by atoms with van der Waals surface area (Å²) in [5, 5.41) is 11.7. The van der Waals surface area contributed by atoms with Crippen molar-refractivity contribution in [3.05, 3.63) is 35.4 Å². The van der Waals surface area contributed by atoms with Crippen molar-refractivity contribution in [1.82, 2.24) is 10.2 Å². The van der Waals surface area contributed by atoms with E-state index in [4.69, 9.17) is 10.2 Å². The normalized spacial score (nSPS) is 23.7. The molecule has 10 nitrogen and oxygen atoms in total. The third-order valence-electron chi connectivity index (χ3n) is 4.26. The number of aliphatic carboxylic acids is 1. The van der Waals surface area contributed by atoms with Gasteiger partial charge in [0.25, 0.3) is 5.91 Å². The Hall–Kier alpha value is -2.60. The van der Waals surface area contributed by atoms with Crippen LogP contribution in [-0.2, 0) is 25.5 Å². The molecule has 3 heterocycles. The highest BCUT2D eigenvalue weighted by molar-refractivity contribution is 8.05. The fraction of sp³-hybridized carbons (Fsp3) is 0.375. The number of carbonyl (C=O) groups excluding carboxylic acids is 3. The Balaban J connectivity index is 1.81. The Bertz CT molecular complexity index is 854. The first kappa shape index (κ1) is 20.1. The highest BCUT2D eigenvalue weighted by Crippen LogP contribution is 2.50. The lowest BCUT2D eigenvalue weighted by atomic mass is 10.0. The second-order valence-corrected chi connectivity index (χ2v) is 8.07. The van der Waals surface area contributed by atoms with Gasteiger partial charge >= 0.3 is 12.1 Å². The first-order valence-corrected chi connectivity index (χ1v) is 10.3. The van der Waals surface area contributed by atoms with Crippen LogP contribution in [0.3, 0.4) is 0 Å². The molecule has 1 unspecified atom stereocenters. The molecular formula is C16H17N3O7S2. The molecule has 1 aromatic heterocycles. The van der Waals surface area contributed by atoms with Gasteiger partial charge in [-0.3, -0.25) is 14.5 Å². The lowest BCUT2D eigenvalue weighted by Gasteiger charge is -2.56. The number of rotatable bonds is 7. The fourth-order valence-electron chi connectivity index (χ4n) is 3.04. The van der Waals surface area contributed by atoms with Gasteiger partial charge in [0.15, 0.2) is 4.87 Å². The molecule has 2 aliphatic heterocycles. The number of furan rings is 1. The smallest absolute Gasteiger partial charge is 0.404 e. The summed E-state index contributed by atoms with van der Waals surface area (Å²) in [4.78, 5) is 47.7. The highest BCUT2D eigenvalue weighted by Gasteiger charge is 2.65. The van der Waals surface area contributed by atoms with Crippen molar-refractivity contribution in [3.63, 3.8) is 0 Å². The van der Waals surface area contributed by atoms with E-state index in [0.717, 1.165) is 16.7 Å². The van der Waals surface area contributed by atoms with E-state index in [-0.39, 0.29) is 30.1 Å². The molecule has 2 aliphatic rings. The monoisotopic (exact) mass is 427 g/mol. The van der Waals surface area contributed by atoms with Crippen molar-refractivity contribution >= 4 is 47.4 Å². The average molecular weight is 427 g/mol. The Morgan fingerprint density at radius 3 is 2.86 bits per heavy atom. The number of nitrogens with one attached hydrogen (secondary N) is 1. The van der Waals surface area contributed by atoms with Gasteiger partial charge in [-0.05, 0) is 18.4 Å². The SMILES string of the molecule is CSC1(NC(=O)Cc2ccco2)C(=O)N2C(C(=O)O)=C(COC(N)=O)CS[C@@H]21. The molecule has 0 bridgehead atoms. The molecule has 3 amide bonds. The van der Waals surface area contributed by atoms with Crippen molar-refractivity contribution in [2.45, 2.75) is 16.7 Å². The zero-order valence-electron chi connectivity index (χ0n) is 14.7. The predicted molar refractivity (Wildman–Crippen MR) is 100 cm³/mol. The minimum absolute atomic E-state index is 0.0424. The van der Waals surface area contributed by atoms with Crippen LogP contribution in [0.15, 0.2) is 34.1 Å². The van der Waals surface area contributed by atoms with Gasteiger partial charge in [0.1, 0.15) is 23.4 Å². The number of hydrogen-bond acceptors (Lipinski definition) is 8. The molecule has 4 N–H and O–H groups in total. The summed E-state index contributed by atoms with van der Waals surface area (Å²) in [7, 11) is 0. The third kappa shape index (κ3) is 3.44. The number of hydrogen-bond donors (Lipinski definition) is 3. The van der Waals surface area contributed by atoms with Gasteiger partial charge < -0.3 is 25.3 Å². The van der Waals surface area contributed by atoms with Crippen LogP contribution in [0.5, 0.6) is 0 Å². The highest BCUT2D eigenvalue weighted by atomic mass is 32.2. The molecular weight excluding hydrogens is 410 g/mol. The number of nitrogens with two attached hydrogens (primary N) is 1. The number of thioether (sulfide) groups is 2. The van der Waals surface area contributed by atoms with Crippen molar-refractivity contribution in [2.24, 2.45) is 5.73 Å². The number of primary amides is 1. The van der Waals surface area contributed by atoms with E-state index >= 15 is 0 Å². The van der Waals surface area contributed by atoms with E-state index in [1.165, 1.54) is 18.0 Å². The molecule has 0 aromatic carbocycles. The van der Waals surface area contributed by atoms with Crippen LogP contribution < -0.4 is 11.1 Å². The van der Waals surface area contributed by atoms with Crippen molar-refractivity contribution in [2.75, 3.05) is 18.6 Å². The first-order chi connectivity index (χ1) is 13.3. The van der Waals surface area contributed by atoms with Crippen LogP contribution in [0.4, 0.5) is 4.79 Å². The molecule has 0 radical (unpaired) electrons. The van der Waals surface area contributed by atoms with Crippen LogP contribution in [0.2, 0.25) is 0 Å². The maximum atomic E-state index is 12.9. The van der Waals surface area contributed by atoms with Gasteiger partial charge in [-0.2, -0.15) is 0 Å². The van der Waals surface area contributed by atoms with E-state index in [1.54, 1.807) is 18.4 Å². The Morgan fingerprint density at radius 2 is 2.29 bits per heavy atom. The molecule has 0 spiro atoms. The molecule has 1 saturated heterocycles. The van der Waals surface area contributed by atoms with E-state index in [1.807, 2.05) is 0 Å². The average Bonchev–Trinajstić information content (AvgIpc) is 3.15. The standard InChI is InChI=1S/C16H17N3O7S2/c1-27-16(18-10(20)5-9-3-2-4-25-9)13(23)19-11(12(21)22)8(6-26-15(17)24)7-28-14(16)19/h2-4,14H,5-7H2,1H3,(H2,17,24)(H,18,20)(H,21,22)/t14-,16?/m1/s1. The molecule has 0 aliphatic carbocycles. The van der Waals surface area contributed by atoms with Gasteiger partial charge in [-0.1, -0.05) is 0 Å². The Labute approximate surface area is 167 Å². The molecule has 12 heteroatoms. The van der Waals surface area contributed by atoms with Crippen LogP contribution in [0.1, 0.15) is 5.76 Å². The van der Waals surface area contributed by atoms with Gasteiger partial charge in [-0.15, -0.1) is 23.5 Å². The molecule has 1 fully saturated rings. The molecule has 2 atom stereocenters. The van der Waals surface area contributed by atoms with Gasteiger partial charge in [0.05, 0.1) is 12.7 Å². The summed E-state index contributed by atoms with van der Waals surface area (Å²) in [5.41, 5.74) is 4.94. The van der Waals surface area contributed by atoms with E-state index in [0.29, 0.717) is 5.76 Å². The predicted octanol–water partition coefficient (Wildman–Crippen LogP) is 0.347. The summed E-state index contributed by atoms with van der Waals surface area (Å²) in [5.74, 6) is -1.63. The molecule has 28 heavy (non-hydrogen) atoms. The second-order valence-electron chi connectivity index (χ2n) is 5.95. The molecule has 150 valence electrons. The summed E-state index contributed by atoms with van der Waals surface area (Å²) < 4.78 is 9.83. The van der Waals surface area contributed by atoms with Crippen LogP contribution in [0, 0.1) is 0 Å². The largest absolute Gasteiger partial charge is 0.477 e. The number of carboxylic acids is 1. The number of carboxylic acid groups (broad SMARTS) is 1. The minimum Gasteiger partial charge on any atom is -0.477 e. The Kier molecular flexibility index (Phi) is 5.61. The molecule has 0 saturated carbocycles. The lowest BCUT2D eigenvalue weighted by Crippen LogP contribution is -2.78. The zero-order chi connectivity index (χ0) is 20.5. The molecule has 3 rings (SSSR count). The van der Waals surface area contributed by atoms with Crippen molar-refractivity contribution in [1.29, 1.82) is 0 Å². The van der Waals surface area contributed by atoms with Crippen LogP contribution in [0.25, 0.3) is 0 Å². The first-order valence-electron chi connectivity index (χ1n) is 8.01. The van der Waals surface area contributed by atoms with Gasteiger partial charge in [0, 0.05) is 11.3 Å². The van der Waals surface area contributed by atoms with Crippen LogP contribution >= 0.6 is 23.5 Å². The third-order valence-corrected chi connectivity index (χ3v) is 6.95. The number of β-lactam (4-membered cyclic amide) rings is 1. The topological polar surface area (TPSA) is 152 Å². The number of amides is 3. The number of nitrogens with zero attached hydrogens (tertiary/aromatic N) is 1. The maximum Gasteiger partial charge on any atom is 0.404 e. The van der Waals surface area contributed by atoms with Crippen LogP contribution in [-0.4, -0.2) is 62.7 Å². The lowest BCUT2D eigenvalue weighted by molar-refractivity contribution is -0.152. The number of carbonyl (C=O) groups is 4. The minimum atomic E-state index is -1.32. The Morgan fingerprint density at radius 1 is 1.54 bits per heavy atom. The van der Waals surface area contributed by atoms with Crippen molar-refractivity contribution < 1.29 is 33.4 Å². The van der Waals surface area contributed by atoms with Gasteiger partial charge in [-0.25, -0.2) is 9.59 Å². The van der Waals surface area contributed by atoms with E-state index in [2.05, 4.69) is 10.1 Å². The zero-order valence-corrected chi connectivity index (χ0v) is 16.3. The second kappa shape index (κ2) is 7.80. The number of ether oxygens (including phenoxy) is 1. The summed E-state index contributed by atoms with van der Waals surface area (Å²) in [6, 6.07) is 3.30. The summed E-state index contributed by atoms with van der Waals surface area (Å²) in [6.45, 7) is -0.322. The maximum absolute atomic E-state index is 12.9. The van der Waals surface area contributed by atoms with Gasteiger partial charge in [0.2, 0.25) is 5.91 Å². The van der Waals surface area contributed by atoms with Crippen molar-refractivity contribution in [3.8, 4) is 0 Å². The van der Waals surface area contributed by atoms with E-state index < -0.39 is 34.1 Å². The fourth-order valence-corrected chi connectivity index (χ4v) is 5.65. The summed E-state index contributed by atoms with van der Waals surface area (Å²) in [6.07, 6.45) is 2.03. The number of fused-ring (bicyclic) bond motifs is 1. The van der Waals surface area contributed by atoms with E-state index in [9.17, 15) is 24.3 Å².